The topological polar surface area (TPSA) is 146 Å². The standard InChI is InChI=1S/C25H42N4O5/c1-5-16-13-14-29(20(16)22(27)31)23(32)19(28-24(33)34-25(2,3)4)12-10-8-6-7-9-11-17-15-18(17)21(26)30/h9,11,16-20H,5-8,10,12-15H2,1-4H3,(H2,26,30)(H2,27,31)(H,28,33)/p+1/b11-9-/t16?,17-,18+,19+,20+/m1/s1. The molecule has 1 saturated carbocycles. The van der Waals surface area contributed by atoms with Crippen LogP contribution < -0.4 is 16.8 Å². The molecule has 1 aliphatic heterocycles. The van der Waals surface area contributed by atoms with Crippen molar-refractivity contribution in [3.05, 3.63) is 12.2 Å². The Hall–Kier alpha value is -2.42. The number of nitrogens with zero attached hydrogens (tertiary/aromatic N) is 1. The maximum Gasteiger partial charge on any atom is 0.408 e. The molecule has 0 aromatic rings. The molecule has 9 nitrogen and oxygen atoms in total. The number of allylic oxidation sites excluding steroid dienone is 2. The van der Waals surface area contributed by atoms with E-state index in [4.69, 9.17) is 10.5 Å². The Kier molecular flexibility index (Phi) is 10.1. The molecule has 1 heterocycles. The van der Waals surface area contributed by atoms with Gasteiger partial charge in [0.2, 0.25) is 11.8 Å². The van der Waals surface area contributed by atoms with Gasteiger partial charge in [0.1, 0.15) is 17.7 Å². The van der Waals surface area contributed by atoms with E-state index in [9.17, 15) is 19.2 Å². The highest BCUT2D eigenvalue weighted by Crippen LogP contribution is 2.38. The van der Waals surface area contributed by atoms with Gasteiger partial charge in [0.05, 0.1) is 5.92 Å². The molecule has 1 aliphatic carbocycles. The van der Waals surface area contributed by atoms with Crippen molar-refractivity contribution in [1.29, 1.82) is 0 Å². The van der Waals surface area contributed by atoms with E-state index in [0.29, 0.717) is 18.9 Å². The van der Waals surface area contributed by atoms with Crippen molar-refractivity contribution in [2.24, 2.45) is 23.5 Å². The molecule has 0 radical (unpaired) electrons. The highest BCUT2D eigenvalue weighted by atomic mass is 16.6. The number of unbranched alkanes of at least 4 members (excludes halogenated alkanes) is 3. The van der Waals surface area contributed by atoms with E-state index in [2.05, 4.69) is 23.2 Å². The monoisotopic (exact) mass is 479 g/mol. The lowest BCUT2D eigenvalue weighted by Gasteiger charge is -2.30. The van der Waals surface area contributed by atoms with Crippen LogP contribution in [0.1, 0.15) is 79.1 Å². The van der Waals surface area contributed by atoms with Gasteiger partial charge in [0.25, 0.3) is 0 Å². The summed E-state index contributed by atoms with van der Waals surface area (Å²) in [4.78, 5) is 50.6. The molecule has 2 fully saturated rings. The van der Waals surface area contributed by atoms with Gasteiger partial charge in [0, 0.05) is 6.54 Å². The molecule has 0 bridgehead atoms. The number of amides is 4. The number of likely N-dealkylation sites (tertiary alicyclic amines) is 1. The molecule has 0 spiro atoms. The fraction of sp³-hybridized carbons (Fsp3) is 0.760. The van der Waals surface area contributed by atoms with Crippen LogP contribution in [0.3, 0.4) is 0 Å². The third kappa shape index (κ3) is 8.42. The second kappa shape index (κ2) is 12.3. The minimum Gasteiger partial charge on any atom is -0.444 e. The molecule has 1 unspecified atom stereocenters. The van der Waals surface area contributed by atoms with Crippen LogP contribution in [-0.2, 0) is 19.1 Å². The average Bonchev–Trinajstić information content (AvgIpc) is 3.38. The number of carbonyl (C=O) groups is 4. The number of hydrogen-bond donors (Lipinski definition) is 3. The summed E-state index contributed by atoms with van der Waals surface area (Å²) in [6, 6.07) is -1.40. The van der Waals surface area contributed by atoms with Gasteiger partial charge < -0.3 is 20.7 Å². The van der Waals surface area contributed by atoms with Crippen LogP contribution >= 0.6 is 0 Å². The highest BCUT2D eigenvalue weighted by molar-refractivity contribution is 5.91. The zero-order chi connectivity index (χ0) is 25.5. The third-order valence-corrected chi connectivity index (χ3v) is 6.61. The number of primary amides is 1. The third-order valence-electron chi connectivity index (χ3n) is 6.61. The second-order valence-electron chi connectivity index (χ2n) is 10.6. The van der Waals surface area contributed by atoms with Gasteiger partial charge in [0.15, 0.2) is 0 Å². The normalized spacial score (nSPS) is 25.3. The van der Waals surface area contributed by atoms with Crippen LogP contribution in [0.25, 0.3) is 0 Å². The Morgan fingerprint density at radius 2 is 1.91 bits per heavy atom. The van der Waals surface area contributed by atoms with Crippen molar-refractivity contribution >= 4 is 23.8 Å². The molecule has 192 valence electrons. The summed E-state index contributed by atoms with van der Waals surface area (Å²) < 4.78 is 5.36. The van der Waals surface area contributed by atoms with Gasteiger partial charge in [-0.1, -0.05) is 38.3 Å². The summed E-state index contributed by atoms with van der Waals surface area (Å²) in [6.07, 6.45) is 9.91. The summed E-state index contributed by atoms with van der Waals surface area (Å²) in [6.45, 7) is 7.75. The smallest absolute Gasteiger partial charge is 0.408 e. The lowest BCUT2D eigenvalue weighted by atomic mass is 9.96. The SMILES string of the molecule is CCC1CCN(C(=O)[C@H](CCCCC/C=C\[C@@H]2C[C@@H]2C([NH3+])=O)NC(=O)OC(C)(C)C)[C@@H]1C(N)=O. The number of carbonyl (C=O) groups excluding carboxylic acids is 4. The van der Waals surface area contributed by atoms with Crippen molar-refractivity contribution in [2.45, 2.75) is 96.7 Å². The molecule has 4 amide bonds. The molecule has 6 N–H and O–H groups in total. The van der Waals surface area contributed by atoms with Gasteiger partial charge in [-0.15, -0.1) is 0 Å². The predicted octanol–water partition coefficient (Wildman–Crippen LogP) is 1.90. The predicted molar refractivity (Wildman–Crippen MR) is 128 cm³/mol. The molecule has 9 heteroatoms. The zero-order valence-electron chi connectivity index (χ0n) is 21.2. The van der Waals surface area contributed by atoms with Crippen LogP contribution in [0, 0.1) is 17.8 Å². The molecule has 5 atom stereocenters. The van der Waals surface area contributed by atoms with E-state index >= 15 is 0 Å². The van der Waals surface area contributed by atoms with Crippen LogP contribution in [0.2, 0.25) is 0 Å². The average molecular weight is 480 g/mol. The molecular formula is C25H43N4O5+. The fourth-order valence-electron chi connectivity index (χ4n) is 4.68. The Bertz CT molecular complexity index is 776. The van der Waals surface area contributed by atoms with Crippen molar-refractivity contribution in [3.63, 3.8) is 0 Å². The lowest BCUT2D eigenvalue weighted by molar-refractivity contribution is -0.308. The molecule has 2 aliphatic rings. The minimum absolute atomic E-state index is 0.0182. The van der Waals surface area contributed by atoms with Crippen LogP contribution in [0.15, 0.2) is 12.2 Å². The molecule has 1 saturated heterocycles. The number of hydrogen-bond acceptors (Lipinski definition) is 5. The second-order valence-corrected chi connectivity index (χ2v) is 10.6. The largest absolute Gasteiger partial charge is 0.444 e. The summed E-state index contributed by atoms with van der Waals surface area (Å²) >= 11 is 0. The van der Waals surface area contributed by atoms with E-state index in [1.165, 1.54) is 4.90 Å². The Labute approximate surface area is 203 Å². The number of quaternary nitrogens is 1. The minimum atomic E-state index is -0.766. The van der Waals surface area contributed by atoms with Crippen LogP contribution in [0.5, 0.6) is 0 Å². The van der Waals surface area contributed by atoms with Crippen LogP contribution in [-0.4, -0.2) is 52.9 Å². The lowest BCUT2D eigenvalue weighted by Crippen LogP contribution is -2.58. The van der Waals surface area contributed by atoms with E-state index in [0.717, 1.165) is 44.9 Å². The van der Waals surface area contributed by atoms with E-state index in [1.54, 1.807) is 20.8 Å². The van der Waals surface area contributed by atoms with Crippen molar-refractivity contribution in [3.8, 4) is 0 Å². The van der Waals surface area contributed by atoms with Gasteiger partial charge in [-0.25, -0.2) is 9.59 Å². The fourth-order valence-corrected chi connectivity index (χ4v) is 4.68. The molecule has 0 aromatic heterocycles. The molecule has 0 aromatic carbocycles. The summed E-state index contributed by atoms with van der Waals surface area (Å²) in [7, 11) is 0. The first kappa shape index (κ1) is 27.8. The molecular weight excluding hydrogens is 436 g/mol. The van der Waals surface area contributed by atoms with Gasteiger partial charge >= 0.3 is 12.0 Å². The van der Waals surface area contributed by atoms with E-state index < -0.39 is 29.7 Å². The number of nitrogens with one attached hydrogen (secondary N) is 1. The molecule has 34 heavy (non-hydrogen) atoms. The van der Waals surface area contributed by atoms with Gasteiger partial charge in [-0.2, -0.15) is 0 Å². The first-order valence-electron chi connectivity index (χ1n) is 12.6. The maximum absolute atomic E-state index is 13.4. The van der Waals surface area contributed by atoms with Gasteiger partial charge in [-0.05, 0) is 64.7 Å². The number of alkyl carbamates (subject to hydrolysis) is 1. The number of rotatable bonds is 12. The first-order valence-corrected chi connectivity index (χ1v) is 12.6. The Balaban J connectivity index is 1.90. The van der Waals surface area contributed by atoms with Crippen LogP contribution in [0.4, 0.5) is 4.79 Å². The summed E-state index contributed by atoms with van der Waals surface area (Å²) in [5.74, 6) is -0.272. The summed E-state index contributed by atoms with van der Waals surface area (Å²) in [5, 5.41) is 2.73. The zero-order valence-corrected chi connectivity index (χ0v) is 21.2. The highest BCUT2D eigenvalue weighted by Gasteiger charge is 2.43. The number of ether oxygens (including phenoxy) is 1. The maximum atomic E-state index is 13.4. The molecule has 2 rings (SSSR count). The Morgan fingerprint density at radius 3 is 2.47 bits per heavy atom. The number of nitrogens with two attached hydrogens (primary N) is 1. The van der Waals surface area contributed by atoms with Crippen molar-refractivity contribution in [2.75, 3.05) is 6.54 Å². The van der Waals surface area contributed by atoms with Gasteiger partial charge in [-0.3, -0.25) is 15.3 Å². The van der Waals surface area contributed by atoms with E-state index in [-0.39, 0.29) is 23.7 Å². The Morgan fingerprint density at radius 1 is 1.21 bits per heavy atom. The first-order chi connectivity index (χ1) is 15.9. The quantitative estimate of drug-likeness (QED) is 0.289. The van der Waals surface area contributed by atoms with Crippen molar-refractivity contribution < 1.29 is 29.6 Å². The van der Waals surface area contributed by atoms with Crippen molar-refractivity contribution in [1.82, 2.24) is 10.2 Å². The van der Waals surface area contributed by atoms with E-state index in [1.807, 2.05) is 6.92 Å². The summed E-state index contributed by atoms with van der Waals surface area (Å²) in [5.41, 5.74) is 8.41.